The van der Waals surface area contributed by atoms with Crippen LogP contribution < -0.4 is 20.9 Å². The highest BCUT2D eigenvalue weighted by Crippen LogP contribution is 2.28. The van der Waals surface area contributed by atoms with E-state index in [9.17, 15) is 4.79 Å². The molecule has 0 fully saturated rings. The lowest BCUT2D eigenvalue weighted by Crippen LogP contribution is -2.16. The van der Waals surface area contributed by atoms with Crippen LogP contribution in [0.5, 0.6) is 11.5 Å². The van der Waals surface area contributed by atoms with Crippen LogP contribution in [0.25, 0.3) is 0 Å². The Hall–Kier alpha value is -3.09. The number of rotatable bonds is 6. The van der Waals surface area contributed by atoms with Crippen molar-refractivity contribution >= 4 is 17.6 Å². The molecule has 0 saturated carbocycles. The third-order valence-electron chi connectivity index (χ3n) is 3.09. The molecule has 126 valence electrons. The van der Waals surface area contributed by atoms with Crippen molar-refractivity contribution in [3.63, 3.8) is 0 Å². The van der Waals surface area contributed by atoms with E-state index >= 15 is 0 Å². The molecule has 1 amide bonds. The van der Waals surface area contributed by atoms with E-state index in [0.29, 0.717) is 41.7 Å². The van der Waals surface area contributed by atoms with Gasteiger partial charge >= 0.3 is 0 Å². The van der Waals surface area contributed by atoms with E-state index in [1.807, 2.05) is 13.8 Å². The first-order valence-corrected chi connectivity index (χ1v) is 7.55. The molecule has 4 N–H and O–H groups in total. The van der Waals surface area contributed by atoms with Gasteiger partial charge in [0.2, 0.25) is 0 Å². The van der Waals surface area contributed by atoms with Gasteiger partial charge in [0.25, 0.3) is 5.91 Å². The van der Waals surface area contributed by atoms with Crippen LogP contribution in [-0.4, -0.2) is 29.9 Å². The average Bonchev–Trinajstić information content (AvgIpc) is 2.56. The first-order valence-electron chi connectivity index (χ1n) is 7.55. The first-order chi connectivity index (χ1) is 11.5. The highest BCUT2D eigenvalue weighted by Gasteiger charge is 2.12. The predicted molar refractivity (Wildman–Crippen MR) is 92.5 cm³/mol. The summed E-state index contributed by atoms with van der Waals surface area (Å²) in [5, 5.41) is 0. The number of nitrogen functional groups attached to an aromatic ring is 1. The summed E-state index contributed by atoms with van der Waals surface area (Å²) in [4.78, 5) is 20.1. The minimum absolute atomic E-state index is 0.0703. The summed E-state index contributed by atoms with van der Waals surface area (Å²) in [6, 6.07) is 8.07. The number of nitrogens with two attached hydrogens (primary N) is 2. The second-order valence-electron chi connectivity index (χ2n) is 4.80. The van der Waals surface area contributed by atoms with Gasteiger partial charge in [0.1, 0.15) is 11.7 Å². The van der Waals surface area contributed by atoms with E-state index in [1.54, 1.807) is 30.3 Å². The Morgan fingerprint density at radius 1 is 1.08 bits per heavy atom. The zero-order chi connectivity index (χ0) is 17.5. The van der Waals surface area contributed by atoms with Gasteiger partial charge in [-0.2, -0.15) is 4.99 Å². The van der Waals surface area contributed by atoms with Crippen molar-refractivity contribution in [1.29, 1.82) is 0 Å². The van der Waals surface area contributed by atoms with Gasteiger partial charge in [0.15, 0.2) is 11.5 Å². The van der Waals surface area contributed by atoms with Crippen LogP contribution >= 0.6 is 0 Å². The molecule has 0 aliphatic rings. The lowest BCUT2D eigenvalue weighted by atomic mass is 10.2. The van der Waals surface area contributed by atoms with Crippen molar-refractivity contribution in [2.75, 3.05) is 18.9 Å². The van der Waals surface area contributed by atoms with E-state index in [-0.39, 0.29) is 5.84 Å². The number of amidine groups is 1. The van der Waals surface area contributed by atoms with Crippen LogP contribution in [0.3, 0.4) is 0 Å². The van der Waals surface area contributed by atoms with Gasteiger partial charge < -0.3 is 20.9 Å². The number of hydrogen-bond donors (Lipinski definition) is 2. The van der Waals surface area contributed by atoms with Crippen LogP contribution in [0, 0.1) is 0 Å². The van der Waals surface area contributed by atoms with Crippen molar-refractivity contribution in [1.82, 2.24) is 4.98 Å². The molecule has 1 aromatic heterocycles. The monoisotopic (exact) mass is 328 g/mol. The highest BCUT2D eigenvalue weighted by molar-refractivity contribution is 6.09. The van der Waals surface area contributed by atoms with Gasteiger partial charge in [-0.3, -0.25) is 4.79 Å². The molecule has 1 heterocycles. The van der Waals surface area contributed by atoms with E-state index < -0.39 is 5.91 Å². The van der Waals surface area contributed by atoms with E-state index in [2.05, 4.69) is 9.98 Å². The van der Waals surface area contributed by atoms with Gasteiger partial charge in [0, 0.05) is 17.3 Å². The lowest BCUT2D eigenvalue weighted by molar-refractivity contribution is 0.100. The van der Waals surface area contributed by atoms with Crippen LogP contribution in [0.2, 0.25) is 0 Å². The van der Waals surface area contributed by atoms with Gasteiger partial charge in [0.05, 0.1) is 13.2 Å². The van der Waals surface area contributed by atoms with Gasteiger partial charge in [-0.15, -0.1) is 0 Å². The number of nitrogens with zero attached hydrogens (tertiary/aromatic N) is 2. The Balaban J connectivity index is 2.28. The molecular weight excluding hydrogens is 308 g/mol. The van der Waals surface area contributed by atoms with Gasteiger partial charge in [-0.1, -0.05) is 0 Å². The molecule has 7 heteroatoms. The molecule has 2 rings (SSSR count). The van der Waals surface area contributed by atoms with Crippen molar-refractivity contribution in [2.24, 2.45) is 10.7 Å². The number of pyridine rings is 1. The Kier molecular flexibility index (Phi) is 5.73. The summed E-state index contributed by atoms with van der Waals surface area (Å²) >= 11 is 0. The van der Waals surface area contributed by atoms with Gasteiger partial charge in [-0.05, 0) is 44.2 Å². The van der Waals surface area contributed by atoms with E-state index in [0.717, 1.165) is 0 Å². The Bertz CT molecular complexity index is 759. The smallest absolute Gasteiger partial charge is 0.279 e. The minimum atomic E-state index is -0.480. The number of hydrogen-bond acceptors (Lipinski definition) is 5. The maximum Gasteiger partial charge on any atom is 0.279 e. The predicted octanol–water partition coefficient (Wildman–Crippen LogP) is 2.01. The molecule has 24 heavy (non-hydrogen) atoms. The Morgan fingerprint density at radius 3 is 2.46 bits per heavy atom. The lowest BCUT2D eigenvalue weighted by Gasteiger charge is -2.11. The number of carbonyl (C=O) groups is 1. The molecule has 1 aromatic carbocycles. The molecular formula is C17H20N4O3. The molecule has 7 nitrogen and oxygen atoms in total. The molecule has 0 saturated heterocycles. The minimum Gasteiger partial charge on any atom is -0.490 e. The maximum atomic E-state index is 12.3. The van der Waals surface area contributed by atoms with Crippen LogP contribution in [-0.2, 0) is 0 Å². The zero-order valence-corrected chi connectivity index (χ0v) is 13.7. The molecule has 0 aliphatic carbocycles. The van der Waals surface area contributed by atoms with Crippen LogP contribution in [0.4, 0.5) is 5.82 Å². The number of carbonyl (C=O) groups excluding carboxylic acids is 1. The van der Waals surface area contributed by atoms with Crippen molar-refractivity contribution < 1.29 is 14.3 Å². The number of aliphatic imine (C=N–C) groups is 1. The molecule has 2 aromatic rings. The summed E-state index contributed by atoms with van der Waals surface area (Å²) < 4.78 is 11.0. The Labute approximate surface area is 140 Å². The third kappa shape index (κ3) is 4.22. The first kappa shape index (κ1) is 17.3. The molecule has 0 radical (unpaired) electrons. The largest absolute Gasteiger partial charge is 0.490 e. The number of benzene rings is 1. The topological polar surface area (TPSA) is 113 Å². The fraction of sp³-hybridized carbons (Fsp3) is 0.235. The van der Waals surface area contributed by atoms with Crippen LogP contribution in [0.1, 0.15) is 29.8 Å². The number of aromatic nitrogens is 1. The number of anilines is 1. The van der Waals surface area contributed by atoms with Crippen LogP contribution in [0.15, 0.2) is 41.5 Å². The van der Waals surface area contributed by atoms with Crippen molar-refractivity contribution in [2.45, 2.75) is 13.8 Å². The van der Waals surface area contributed by atoms with Crippen molar-refractivity contribution in [3.8, 4) is 11.5 Å². The second kappa shape index (κ2) is 7.96. The molecule has 0 atom stereocenters. The molecule has 0 unspecified atom stereocenters. The van der Waals surface area contributed by atoms with Crippen molar-refractivity contribution in [3.05, 3.63) is 47.7 Å². The molecule has 0 aliphatic heterocycles. The summed E-state index contributed by atoms with van der Waals surface area (Å²) in [7, 11) is 0. The highest BCUT2D eigenvalue weighted by atomic mass is 16.5. The fourth-order valence-corrected chi connectivity index (χ4v) is 2.03. The Morgan fingerprint density at radius 2 is 1.79 bits per heavy atom. The summed E-state index contributed by atoms with van der Waals surface area (Å²) in [5.41, 5.74) is 12.4. The number of ether oxygens (including phenoxy) is 2. The summed E-state index contributed by atoms with van der Waals surface area (Å²) in [6.07, 6.45) is 1.50. The van der Waals surface area contributed by atoms with E-state index in [4.69, 9.17) is 20.9 Å². The molecule has 0 spiro atoms. The zero-order valence-electron chi connectivity index (χ0n) is 13.7. The molecule has 0 bridgehead atoms. The van der Waals surface area contributed by atoms with Gasteiger partial charge in [-0.25, -0.2) is 4.98 Å². The summed E-state index contributed by atoms with van der Waals surface area (Å²) in [5.74, 6) is 0.965. The SMILES string of the molecule is CCOc1ccc(C(=O)N=C(N)c2ccnc(N)c2)cc1OCC. The third-order valence-corrected chi connectivity index (χ3v) is 3.09. The number of amides is 1. The summed E-state index contributed by atoms with van der Waals surface area (Å²) in [6.45, 7) is 4.69. The maximum absolute atomic E-state index is 12.3. The quantitative estimate of drug-likeness (QED) is 0.619. The van der Waals surface area contributed by atoms with E-state index in [1.165, 1.54) is 6.20 Å². The fourth-order valence-electron chi connectivity index (χ4n) is 2.03. The normalized spacial score (nSPS) is 11.2. The second-order valence-corrected chi connectivity index (χ2v) is 4.80. The standard InChI is InChI=1S/C17H20N4O3/c1-3-23-13-6-5-12(9-14(13)24-4-2)17(22)21-16(19)11-7-8-20-15(18)10-11/h5-10H,3-4H2,1-2H3,(H2,18,20)(H2,19,21,22). The average molecular weight is 328 g/mol.